The van der Waals surface area contributed by atoms with E-state index < -0.39 is 0 Å². The van der Waals surface area contributed by atoms with Crippen LogP contribution in [-0.2, 0) is 4.74 Å². The Bertz CT molecular complexity index is 402. The number of ether oxygens (including phenoxy) is 2. The molecule has 0 spiro atoms. The quantitative estimate of drug-likeness (QED) is 0.860. The summed E-state index contributed by atoms with van der Waals surface area (Å²) in [7, 11) is 1.81. The first-order valence-electron chi connectivity index (χ1n) is 7.64. The van der Waals surface area contributed by atoms with Gasteiger partial charge >= 0.3 is 0 Å². The van der Waals surface area contributed by atoms with Gasteiger partial charge < -0.3 is 14.8 Å². The van der Waals surface area contributed by atoms with Crippen LogP contribution in [0.25, 0.3) is 0 Å². The van der Waals surface area contributed by atoms with Gasteiger partial charge in [-0.3, -0.25) is 0 Å². The van der Waals surface area contributed by atoms with Gasteiger partial charge in [-0.1, -0.05) is 12.1 Å². The summed E-state index contributed by atoms with van der Waals surface area (Å²) in [6.07, 6.45) is 4.15. The Balaban J connectivity index is 1.87. The normalized spacial score (nSPS) is 24.1. The average molecular weight is 277 g/mol. The van der Waals surface area contributed by atoms with Crippen molar-refractivity contribution < 1.29 is 9.47 Å². The lowest BCUT2D eigenvalue weighted by Gasteiger charge is -2.20. The SMILES string of the molecule is COC1CCC(NC(C)c2ccc(OC(C)C)cc2)C1. The molecule has 1 aliphatic carbocycles. The number of methoxy groups -OCH3 is 1. The molecule has 0 aromatic heterocycles. The fourth-order valence-electron chi connectivity index (χ4n) is 2.86. The molecule has 1 aromatic carbocycles. The minimum absolute atomic E-state index is 0.223. The molecule has 3 heteroatoms. The van der Waals surface area contributed by atoms with Crippen LogP contribution in [0.5, 0.6) is 5.75 Å². The molecule has 3 atom stereocenters. The summed E-state index contributed by atoms with van der Waals surface area (Å²) in [5.74, 6) is 0.941. The highest BCUT2D eigenvalue weighted by molar-refractivity contribution is 5.29. The Morgan fingerprint density at radius 3 is 2.35 bits per heavy atom. The van der Waals surface area contributed by atoms with E-state index in [2.05, 4.69) is 36.5 Å². The largest absolute Gasteiger partial charge is 0.491 e. The Labute approximate surface area is 122 Å². The highest BCUT2D eigenvalue weighted by Gasteiger charge is 2.25. The van der Waals surface area contributed by atoms with Crippen molar-refractivity contribution in [2.75, 3.05) is 7.11 Å². The molecule has 20 heavy (non-hydrogen) atoms. The lowest BCUT2D eigenvalue weighted by Crippen LogP contribution is -2.29. The van der Waals surface area contributed by atoms with Crippen molar-refractivity contribution in [1.82, 2.24) is 5.32 Å². The monoisotopic (exact) mass is 277 g/mol. The van der Waals surface area contributed by atoms with Crippen LogP contribution in [0.1, 0.15) is 51.6 Å². The second kappa shape index (κ2) is 7.09. The van der Waals surface area contributed by atoms with Crippen LogP contribution in [0.2, 0.25) is 0 Å². The van der Waals surface area contributed by atoms with Crippen LogP contribution in [0.15, 0.2) is 24.3 Å². The molecule has 0 heterocycles. The smallest absolute Gasteiger partial charge is 0.119 e. The third-order valence-corrected chi connectivity index (χ3v) is 3.96. The summed E-state index contributed by atoms with van der Waals surface area (Å²) >= 11 is 0. The second-order valence-corrected chi connectivity index (χ2v) is 5.99. The van der Waals surface area contributed by atoms with E-state index in [-0.39, 0.29) is 6.10 Å². The van der Waals surface area contributed by atoms with Crippen LogP contribution >= 0.6 is 0 Å². The topological polar surface area (TPSA) is 30.5 Å². The molecule has 1 fully saturated rings. The van der Waals surface area contributed by atoms with E-state index in [0.717, 1.165) is 12.2 Å². The summed E-state index contributed by atoms with van der Waals surface area (Å²) in [5.41, 5.74) is 1.31. The molecule has 2 rings (SSSR count). The fraction of sp³-hybridized carbons (Fsp3) is 0.647. The molecule has 3 nitrogen and oxygen atoms in total. The lowest BCUT2D eigenvalue weighted by atomic mass is 10.1. The number of benzene rings is 1. The maximum Gasteiger partial charge on any atom is 0.119 e. The Hall–Kier alpha value is -1.06. The van der Waals surface area contributed by atoms with Gasteiger partial charge in [-0.05, 0) is 57.7 Å². The van der Waals surface area contributed by atoms with Crippen LogP contribution in [0.4, 0.5) is 0 Å². The molecule has 1 aliphatic rings. The predicted octanol–water partition coefficient (Wildman–Crippen LogP) is 3.69. The zero-order chi connectivity index (χ0) is 14.5. The molecule has 112 valence electrons. The van der Waals surface area contributed by atoms with Crippen molar-refractivity contribution in [3.05, 3.63) is 29.8 Å². The van der Waals surface area contributed by atoms with Crippen LogP contribution in [-0.4, -0.2) is 25.4 Å². The Morgan fingerprint density at radius 1 is 1.10 bits per heavy atom. The third-order valence-electron chi connectivity index (χ3n) is 3.96. The van der Waals surface area contributed by atoms with Gasteiger partial charge in [0.05, 0.1) is 12.2 Å². The summed E-state index contributed by atoms with van der Waals surface area (Å²) in [5, 5.41) is 3.70. The minimum atomic E-state index is 0.223. The van der Waals surface area contributed by atoms with Gasteiger partial charge in [0.15, 0.2) is 0 Å². The number of hydrogen-bond acceptors (Lipinski definition) is 3. The molecule has 0 aliphatic heterocycles. The molecule has 1 aromatic rings. The molecular weight excluding hydrogens is 250 g/mol. The van der Waals surface area contributed by atoms with Crippen LogP contribution < -0.4 is 10.1 Å². The summed E-state index contributed by atoms with van der Waals surface area (Å²) in [6.45, 7) is 6.31. The van der Waals surface area contributed by atoms with Gasteiger partial charge in [0.25, 0.3) is 0 Å². The van der Waals surface area contributed by atoms with E-state index >= 15 is 0 Å². The molecule has 0 amide bonds. The maximum absolute atomic E-state index is 5.67. The van der Waals surface area contributed by atoms with Gasteiger partial charge in [0.2, 0.25) is 0 Å². The van der Waals surface area contributed by atoms with E-state index in [1.807, 2.05) is 21.0 Å². The summed E-state index contributed by atoms with van der Waals surface area (Å²) in [6, 6.07) is 9.35. The molecule has 1 saturated carbocycles. The number of nitrogens with one attached hydrogen (secondary N) is 1. The number of rotatable bonds is 6. The van der Waals surface area contributed by atoms with Crippen molar-refractivity contribution in [3.8, 4) is 5.75 Å². The number of hydrogen-bond donors (Lipinski definition) is 1. The predicted molar refractivity (Wildman–Crippen MR) is 82.2 cm³/mol. The minimum Gasteiger partial charge on any atom is -0.491 e. The second-order valence-electron chi connectivity index (χ2n) is 5.99. The lowest BCUT2D eigenvalue weighted by molar-refractivity contribution is 0.106. The van der Waals surface area contributed by atoms with Crippen LogP contribution in [0, 0.1) is 0 Å². The van der Waals surface area contributed by atoms with E-state index in [1.165, 1.54) is 18.4 Å². The van der Waals surface area contributed by atoms with Gasteiger partial charge in [0.1, 0.15) is 5.75 Å². The molecular formula is C17H27NO2. The Morgan fingerprint density at radius 2 is 1.80 bits per heavy atom. The third kappa shape index (κ3) is 4.22. The molecule has 1 N–H and O–H groups in total. The van der Waals surface area contributed by atoms with Gasteiger partial charge in [-0.25, -0.2) is 0 Å². The average Bonchev–Trinajstić information content (AvgIpc) is 2.86. The molecule has 0 saturated heterocycles. The maximum atomic E-state index is 5.67. The first kappa shape index (κ1) is 15.3. The first-order chi connectivity index (χ1) is 9.58. The highest BCUT2D eigenvalue weighted by atomic mass is 16.5. The van der Waals surface area contributed by atoms with Crippen molar-refractivity contribution in [3.63, 3.8) is 0 Å². The zero-order valence-corrected chi connectivity index (χ0v) is 13.1. The molecule has 3 unspecified atom stereocenters. The van der Waals surface area contributed by atoms with E-state index in [9.17, 15) is 0 Å². The van der Waals surface area contributed by atoms with E-state index in [4.69, 9.17) is 9.47 Å². The standard InChI is InChI=1S/C17H27NO2/c1-12(2)20-16-8-5-14(6-9-16)13(3)18-15-7-10-17(11-15)19-4/h5-6,8-9,12-13,15,17-18H,7,10-11H2,1-4H3. The van der Waals surface area contributed by atoms with Gasteiger partial charge in [0, 0.05) is 19.2 Å². The Kier molecular flexibility index (Phi) is 5.44. The van der Waals surface area contributed by atoms with Crippen LogP contribution in [0.3, 0.4) is 0 Å². The van der Waals surface area contributed by atoms with Gasteiger partial charge in [-0.2, -0.15) is 0 Å². The van der Waals surface area contributed by atoms with Crippen molar-refractivity contribution in [2.24, 2.45) is 0 Å². The fourth-order valence-corrected chi connectivity index (χ4v) is 2.86. The summed E-state index contributed by atoms with van der Waals surface area (Å²) in [4.78, 5) is 0. The highest BCUT2D eigenvalue weighted by Crippen LogP contribution is 2.25. The summed E-state index contributed by atoms with van der Waals surface area (Å²) < 4.78 is 11.1. The van der Waals surface area contributed by atoms with Gasteiger partial charge in [-0.15, -0.1) is 0 Å². The zero-order valence-electron chi connectivity index (χ0n) is 13.1. The van der Waals surface area contributed by atoms with E-state index in [0.29, 0.717) is 18.2 Å². The van der Waals surface area contributed by atoms with E-state index in [1.54, 1.807) is 0 Å². The van der Waals surface area contributed by atoms with Crippen molar-refractivity contribution in [1.29, 1.82) is 0 Å². The molecule has 0 radical (unpaired) electrons. The van der Waals surface area contributed by atoms with Crippen molar-refractivity contribution >= 4 is 0 Å². The molecule has 0 bridgehead atoms. The first-order valence-corrected chi connectivity index (χ1v) is 7.64. The van der Waals surface area contributed by atoms with Crippen molar-refractivity contribution in [2.45, 2.75) is 64.3 Å².